The zero-order valence-electron chi connectivity index (χ0n) is 11.5. The van der Waals surface area contributed by atoms with Crippen LogP contribution in [0.25, 0.3) is 0 Å². The maximum Gasteiger partial charge on any atom is 0.255 e. The van der Waals surface area contributed by atoms with Crippen LogP contribution in [0, 0.1) is 18.8 Å². The van der Waals surface area contributed by atoms with Gasteiger partial charge in [0.2, 0.25) is 0 Å². The zero-order valence-corrected chi connectivity index (χ0v) is 12.2. The second-order valence-electron chi connectivity index (χ2n) is 4.42. The average molecular weight is 300 g/mol. The summed E-state index contributed by atoms with van der Waals surface area (Å²) in [5.41, 5.74) is 2.79. The molecule has 0 heterocycles. The van der Waals surface area contributed by atoms with Gasteiger partial charge in [-0.05, 0) is 36.8 Å². The van der Waals surface area contributed by atoms with Crippen LogP contribution in [0.5, 0.6) is 0 Å². The molecule has 2 N–H and O–H groups in total. The van der Waals surface area contributed by atoms with Crippen LogP contribution < -0.4 is 5.32 Å². The number of nitrogens with one attached hydrogen (secondary N) is 1. The molecule has 0 saturated carbocycles. The van der Waals surface area contributed by atoms with Gasteiger partial charge >= 0.3 is 0 Å². The molecule has 0 unspecified atom stereocenters. The second kappa shape index (κ2) is 6.94. The van der Waals surface area contributed by atoms with E-state index >= 15 is 0 Å². The quantitative estimate of drug-likeness (QED) is 0.836. The predicted octanol–water partition coefficient (Wildman–Crippen LogP) is 3.24. The number of aliphatic hydroxyl groups excluding tert-OH is 1. The molecule has 4 heteroatoms. The van der Waals surface area contributed by atoms with Crippen molar-refractivity contribution in [2.45, 2.75) is 6.92 Å². The van der Waals surface area contributed by atoms with Gasteiger partial charge < -0.3 is 10.4 Å². The first-order valence-electron chi connectivity index (χ1n) is 6.38. The molecule has 21 heavy (non-hydrogen) atoms. The number of rotatable bonds is 2. The summed E-state index contributed by atoms with van der Waals surface area (Å²) in [5.74, 6) is 5.02. The van der Waals surface area contributed by atoms with Crippen LogP contribution in [0.1, 0.15) is 21.5 Å². The summed E-state index contributed by atoms with van der Waals surface area (Å²) in [7, 11) is 0. The molecule has 0 bridgehead atoms. The van der Waals surface area contributed by atoms with Crippen LogP contribution >= 0.6 is 11.6 Å². The van der Waals surface area contributed by atoms with E-state index in [1.165, 1.54) is 0 Å². The predicted molar refractivity (Wildman–Crippen MR) is 84.5 cm³/mol. The summed E-state index contributed by atoms with van der Waals surface area (Å²) in [5, 5.41) is 11.9. The van der Waals surface area contributed by atoms with Gasteiger partial charge in [-0.25, -0.2) is 0 Å². The zero-order chi connectivity index (χ0) is 15.2. The Bertz CT molecular complexity index is 729. The Balaban J connectivity index is 2.21. The lowest BCUT2D eigenvalue weighted by atomic mass is 10.1. The van der Waals surface area contributed by atoms with Crippen LogP contribution in [-0.4, -0.2) is 17.6 Å². The van der Waals surface area contributed by atoms with Gasteiger partial charge in [-0.2, -0.15) is 0 Å². The van der Waals surface area contributed by atoms with Crippen molar-refractivity contribution in [1.29, 1.82) is 0 Å². The standard InChI is InChI=1S/C17H14ClNO2/c1-12-5-2-3-7-16(12)19-17(21)14-9-8-13(6-4-10-20)15(18)11-14/h2-3,5,7-9,11,20H,10H2,1H3,(H,19,21). The summed E-state index contributed by atoms with van der Waals surface area (Å²) in [6, 6.07) is 12.4. The third-order valence-electron chi connectivity index (χ3n) is 2.93. The highest BCUT2D eigenvalue weighted by molar-refractivity contribution is 6.32. The summed E-state index contributed by atoms with van der Waals surface area (Å²) in [6.07, 6.45) is 0. The van der Waals surface area contributed by atoms with Crippen LogP contribution in [0.15, 0.2) is 42.5 Å². The second-order valence-corrected chi connectivity index (χ2v) is 4.83. The van der Waals surface area contributed by atoms with E-state index in [1.807, 2.05) is 31.2 Å². The molecule has 2 rings (SSSR count). The van der Waals surface area contributed by atoms with E-state index in [4.69, 9.17) is 16.7 Å². The maximum absolute atomic E-state index is 12.2. The first-order chi connectivity index (χ1) is 10.1. The van der Waals surface area contributed by atoms with E-state index < -0.39 is 0 Å². The molecule has 0 fully saturated rings. The van der Waals surface area contributed by atoms with Gasteiger partial charge in [0.15, 0.2) is 0 Å². The average Bonchev–Trinajstić information content (AvgIpc) is 2.48. The van der Waals surface area contributed by atoms with Crippen LogP contribution in [0.3, 0.4) is 0 Å². The molecule has 3 nitrogen and oxygen atoms in total. The third-order valence-corrected chi connectivity index (χ3v) is 3.24. The minimum atomic E-state index is -0.230. The van der Waals surface area contributed by atoms with Gasteiger partial charge in [0.25, 0.3) is 5.91 Å². The molecule has 0 saturated heterocycles. The SMILES string of the molecule is Cc1ccccc1NC(=O)c1ccc(C#CCO)c(Cl)c1. The number of carbonyl (C=O) groups excluding carboxylic acids is 1. The third kappa shape index (κ3) is 3.85. The molecule has 106 valence electrons. The van der Waals surface area contributed by atoms with Crippen molar-refractivity contribution < 1.29 is 9.90 Å². The van der Waals surface area contributed by atoms with Gasteiger partial charge in [0.1, 0.15) is 6.61 Å². The number of hydrogen-bond acceptors (Lipinski definition) is 2. The van der Waals surface area contributed by atoms with Gasteiger partial charge in [-0.15, -0.1) is 0 Å². The first-order valence-corrected chi connectivity index (χ1v) is 6.76. The minimum Gasteiger partial charge on any atom is -0.384 e. The van der Waals surface area contributed by atoms with Crippen LogP contribution in [-0.2, 0) is 0 Å². The van der Waals surface area contributed by atoms with Crippen molar-refractivity contribution in [3.63, 3.8) is 0 Å². The van der Waals surface area contributed by atoms with Gasteiger partial charge in [-0.1, -0.05) is 41.6 Å². The topological polar surface area (TPSA) is 49.3 Å². The molecule has 2 aromatic rings. The monoisotopic (exact) mass is 299 g/mol. The lowest BCUT2D eigenvalue weighted by Crippen LogP contribution is -2.12. The van der Waals surface area contributed by atoms with E-state index in [0.717, 1.165) is 11.3 Å². The fraction of sp³-hybridized carbons (Fsp3) is 0.118. The molecular formula is C17H14ClNO2. The fourth-order valence-electron chi connectivity index (χ4n) is 1.80. The number of benzene rings is 2. The van der Waals surface area contributed by atoms with Crippen molar-refractivity contribution in [2.75, 3.05) is 11.9 Å². The Labute approximate surface area is 128 Å². The Morgan fingerprint density at radius 3 is 2.71 bits per heavy atom. The number of aliphatic hydroxyl groups is 1. The van der Waals surface area contributed by atoms with E-state index in [2.05, 4.69) is 17.2 Å². The number of anilines is 1. The molecule has 1 amide bonds. The van der Waals surface area contributed by atoms with Crippen molar-refractivity contribution >= 4 is 23.2 Å². The molecule has 0 atom stereocenters. The highest BCUT2D eigenvalue weighted by Crippen LogP contribution is 2.19. The minimum absolute atomic E-state index is 0.229. The van der Waals surface area contributed by atoms with E-state index in [9.17, 15) is 4.79 Å². The molecule has 0 aliphatic carbocycles. The van der Waals surface area contributed by atoms with Gasteiger partial charge in [0, 0.05) is 16.8 Å². The molecule has 0 spiro atoms. The number of amides is 1. The fourth-order valence-corrected chi connectivity index (χ4v) is 2.03. The summed E-state index contributed by atoms with van der Waals surface area (Å²) < 4.78 is 0. The summed E-state index contributed by atoms with van der Waals surface area (Å²) in [4.78, 5) is 12.2. The van der Waals surface area contributed by atoms with Crippen LogP contribution in [0.2, 0.25) is 5.02 Å². The molecule has 2 aromatic carbocycles. The van der Waals surface area contributed by atoms with Gasteiger partial charge in [-0.3, -0.25) is 4.79 Å². The first kappa shape index (κ1) is 15.1. The maximum atomic E-state index is 12.2. The molecule has 0 aliphatic heterocycles. The van der Waals surface area contributed by atoms with Crippen molar-refractivity contribution in [3.05, 3.63) is 64.2 Å². The smallest absolute Gasteiger partial charge is 0.255 e. The lowest BCUT2D eigenvalue weighted by molar-refractivity contribution is 0.102. The number of halogens is 1. The Morgan fingerprint density at radius 1 is 1.29 bits per heavy atom. The number of hydrogen-bond donors (Lipinski definition) is 2. The van der Waals surface area contributed by atoms with Crippen molar-refractivity contribution in [3.8, 4) is 11.8 Å². The van der Waals surface area contributed by atoms with E-state index in [-0.39, 0.29) is 12.5 Å². The highest BCUT2D eigenvalue weighted by Gasteiger charge is 2.09. The molecule has 0 radical (unpaired) electrons. The summed E-state index contributed by atoms with van der Waals surface area (Å²) >= 11 is 6.08. The van der Waals surface area contributed by atoms with E-state index in [1.54, 1.807) is 18.2 Å². The molecule has 0 aromatic heterocycles. The van der Waals surface area contributed by atoms with Crippen molar-refractivity contribution in [2.24, 2.45) is 0 Å². The number of aryl methyl sites for hydroxylation is 1. The summed E-state index contributed by atoms with van der Waals surface area (Å²) in [6.45, 7) is 1.70. The van der Waals surface area contributed by atoms with Crippen LogP contribution in [0.4, 0.5) is 5.69 Å². The molecular weight excluding hydrogens is 286 g/mol. The Kier molecular flexibility index (Phi) is 4.99. The molecule has 0 aliphatic rings. The lowest BCUT2D eigenvalue weighted by Gasteiger charge is -2.08. The van der Waals surface area contributed by atoms with Gasteiger partial charge in [0.05, 0.1) is 5.02 Å². The number of para-hydroxylation sites is 1. The van der Waals surface area contributed by atoms with E-state index in [0.29, 0.717) is 16.1 Å². The Hall–Kier alpha value is -2.28. The number of carbonyl (C=O) groups is 1. The highest BCUT2D eigenvalue weighted by atomic mass is 35.5. The normalized spacial score (nSPS) is 9.67. The Morgan fingerprint density at radius 2 is 2.05 bits per heavy atom. The van der Waals surface area contributed by atoms with Crippen molar-refractivity contribution in [1.82, 2.24) is 0 Å². The largest absolute Gasteiger partial charge is 0.384 e.